The number of likely N-dealkylation sites (tertiary alicyclic amines) is 1. The lowest BCUT2D eigenvalue weighted by Gasteiger charge is -2.22. The van der Waals surface area contributed by atoms with Crippen molar-refractivity contribution < 1.29 is 4.74 Å². The van der Waals surface area contributed by atoms with Crippen LogP contribution in [-0.4, -0.2) is 68.2 Å². The second kappa shape index (κ2) is 15.0. The summed E-state index contributed by atoms with van der Waals surface area (Å²) in [6, 6.07) is 11.0. The maximum Gasteiger partial charge on any atom is 0.193 e. The third-order valence-electron chi connectivity index (χ3n) is 5.45. The van der Waals surface area contributed by atoms with E-state index in [4.69, 9.17) is 9.73 Å². The van der Waals surface area contributed by atoms with Crippen molar-refractivity contribution in [2.75, 3.05) is 46.4 Å². The van der Waals surface area contributed by atoms with Gasteiger partial charge in [-0.3, -0.25) is 4.99 Å². The van der Waals surface area contributed by atoms with Crippen LogP contribution in [0.25, 0.3) is 0 Å². The summed E-state index contributed by atoms with van der Waals surface area (Å²) < 4.78 is 5.95. The molecule has 1 fully saturated rings. The van der Waals surface area contributed by atoms with Crippen LogP contribution < -0.4 is 5.32 Å². The highest BCUT2D eigenvalue weighted by Gasteiger charge is 2.24. The number of ether oxygens (including phenoxy) is 1. The number of halogens is 1. The molecule has 1 saturated heterocycles. The van der Waals surface area contributed by atoms with Crippen molar-refractivity contribution >= 4 is 29.9 Å². The van der Waals surface area contributed by atoms with E-state index < -0.39 is 0 Å². The molecule has 0 aliphatic carbocycles. The molecule has 2 rings (SSSR count). The van der Waals surface area contributed by atoms with Gasteiger partial charge in [-0.05, 0) is 59.2 Å². The Kier molecular flexibility index (Phi) is 13.6. The summed E-state index contributed by atoms with van der Waals surface area (Å²) in [6.45, 7) is 13.2. The van der Waals surface area contributed by atoms with Gasteiger partial charge in [0.25, 0.3) is 0 Å². The Bertz CT molecular complexity index is 567. The molecular formula is C23H41IN4O. The van der Waals surface area contributed by atoms with E-state index in [2.05, 4.69) is 67.2 Å². The molecule has 5 nitrogen and oxygen atoms in total. The van der Waals surface area contributed by atoms with Crippen LogP contribution in [0.5, 0.6) is 0 Å². The van der Waals surface area contributed by atoms with E-state index in [1.807, 2.05) is 6.07 Å². The molecule has 166 valence electrons. The van der Waals surface area contributed by atoms with Crippen LogP contribution >= 0.6 is 24.0 Å². The Hall–Kier alpha value is -0.860. The van der Waals surface area contributed by atoms with Gasteiger partial charge < -0.3 is 19.9 Å². The standard InChI is InChI=1S/C23H40N4O.HI/c1-5-24-23(25-14-9-10-15-26(4)20(2)3)27-16-13-22(17-27)19-28-18-21-11-7-6-8-12-21;/h6-8,11-12,20,22H,5,9-10,13-19H2,1-4H3,(H,24,25);1H. The predicted octanol–water partition coefficient (Wildman–Crippen LogP) is 4.23. The first-order valence-corrected chi connectivity index (χ1v) is 10.9. The number of nitrogens with zero attached hydrogens (tertiary/aromatic N) is 3. The molecule has 0 radical (unpaired) electrons. The van der Waals surface area contributed by atoms with Gasteiger partial charge >= 0.3 is 0 Å². The molecule has 1 aliphatic rings. The number of hydrogen-bond donors (Lipinski definition) is 1. The molecule has 1 atom stereocenters. The monoisotopic (exact) mass is 516 g/mol. The number of nitrogens with one attached hydrogen (secondary N) is 1. The zero-order valence-electron chi connectivity index (χ0n) is 18.8. The number of aliphatic imine (C=N–C) groups is 1. The van der Waals surface area contributed by atoms with Gasteiger partial charge in [0.15, 0.2) is 5.96 Å². The third-order valence-corrected chi connectivity index (χ3v) is 5.45. The molecule has 29 heavy (non-hydrogen) atoms. The average Bonchev–Trinajstić information content (AvgIpc) is 3.16. The first-order valence-electron chi connectivity index (χ1n) is 10.9. The van der Waals surface area contributed by atoms with Crippen LogP contribution in [-0.2, 0) is 11.3 Å². The zero-order valence-corrected chi connectivity index (χ0v) is 21.1. The Labute approximate surface area is 195 Å². The van der Waals surface area contributed by atoms with E-state index in [0.717, 1.165) is 51.7 Å². The Morgan fingerprint density at radius 1 is 1.28 bits per heavy atom. The molecule has 0 spiro atoms. The molecule has 1 aromatic carbocycles. The summed E-state index contributed by atoms with van der Waals surface area (Å²) in [5.41, 5.74) is 1.25. The maximum atomic E-state index is 5.95. The van der Waals surface area contributed by atoms with Gasteiger partial charge in [0, 0.05) is 38.1 Å². The Morgan fingerprint density at radius 2 is 2.03 bits per heavy atom. The largest absolute Gasteiger partial charge is 0.376 e. The second-order valence-corrected chi connectivity index (χ2v) is 8.12. The summed E-state index contributed by atoms with van der Waals surface area (Å²) >= 11 is 0. The van der Waals surface area contributed by atoms with Crippen LogP contribution in [0.1, 0.15) is 45.6 Å². The van der Waals surface area contributed by atoms with Crippen molar-refractivity contribution in [3.63, 3.8) is 0 Å². The molecule has 1 N–H and O–H groups in total. The molecule has 0 bridgehead atoms. The lowest BCUT2D eigenvalue weighted by atomic mass is 10.1. The number of unbranched alkanes of at least 4 members (excludes halogenated alkanes) is 1. The van der Waals surface area contributed by atoms with E-state index in [1.54, 1.807) is 0 Å². The maximum absolute atomic E-state index is 5.95. The van der Waals surface area contributed by atoms with Crippen molar-refractivity contribution in [3.05, 3.63) is 35.9 Å². The lowest BCUT2D eigenvalue weighted by Crippen LogP contribution is -2.40. The van der Waals surface area contributed by atoms with Crippen LogP contribution in [0.2, 0.25) is 0 Å². The summed E-state index contributed by atoms with van der Waals surface area (Å²) in [5, 5.41) is 3.47. The molecule has 1 unspecified atom stereocenters. The molecule has 0 saturated carbocycles. The van der Waals surface area contributed by atoms with Crippen LogP contribution in [0.4, 0.5) is 0 Å². The van der Waals surface area contributed by atoms with E-state index in [0.29, 0.717) is 18.6 Å². The molecule has 6 heteroatoms. The second-order valence-electron chi connectivity index (χ2n) is 8.12. The minimum absolute atomic E-state index is 0. The molecule has 1 aliphatic heterocycles. The zero-order chi connectivity index (χ0) is 20.2. The van der Waals surface area contributed by atoms with Gasteiger partial charge in [-0.2, -0.15) is 0 Å². The van der Waals surface area contributed by atoms with Gasteiger partial charge in [0.05, 0.1) is 13.2 Å². The van der Waals surface area contributed by atoms with Gasteiger partial charge in [0.1, 0.15) is 0 Å². The van der Waals surface area contributed by atoms with Crippen molar-refractivity contribution in [1.82, 2.24) is 15.1 Å². The lowest BCUT2D eigenvalue weighted by molar-refractivity contribution is 0.0907. The SMILES string of the molecule is CCNC(=NCCCCN(C)C(C)C)N1CCC(COCc2ccccc2)C1.I. The molecule has 0 amide bonds. The van der Waals surface area contributed by atoms with Crippen LogP contribution in [0.15, 0.2) is 35.3 Å². The van der Waals surface area contributed by atoms with E-state index in [-0.39, 0.29) is 24.0 Å². The highest BCUT2D eigenvalue weighted by molar-refractivity contribution is 14.0. The van der Waals surface area contributed by atoms with Gasteiger partial charge in [-0.15, -0.1) is 24.0 Å². The van der Waals surface area contributed by atoms with Gasteiger partial charge in [-0.1, -0.05) is 30.3 Å². The van der Waals surface area contributed by atoms with Crippen LogP contribution in [0.3, 0.4) is 0 Å². The van der Waals surface area contributed by atoms with Crippen molar-refractivity contribution in [3.8, 4) is 0 Å². The molecular weight excluding hydrogens is 475 g/mol. The first-order chi connectivity index (χ1) is 13.6. The predicted molar refractivity (Wildman–Crippen MR) is 134 cm³/mol. The van der Waals surface area contributed by atoms with E-state index in [9.17, 15) is 0 Å². The topological polar surface area (TPSA) is 40.1 Å². The Balaban J connectivity index is 0.00000420. The van der Waals surface area contributed by atoms with Crippen molar-refractivity contribution in [1.29, 1.82) is 0 Å². The fraction of sp³-hybridized carbons (Fsp3) is 0.696. The molecule has 0 aromatic heterocycles. The summed E-state index contributed by atoms with van der Waals surface area (Å²) in [6.07, 6.45) is 3.52. The van der Waals surface area contributed by atoms with Gasteiger partial charge in [0.2, 0.25) is 0 Å². The fourth-order valence-electron chi connectivity index (χ4n) is 3.42. The third kappa shape index (κ3) is 10.1. The number of rotatable bonds is 11. The van der Waals surface area contributed by atoms with Crippen molar-refractivity contribution in [2.24, 2.45) is 10.9 Å². The average molecular weight is 517 g/mol. The fourth-order valence-corrected chi connectivity index (χ4v) is 3.42. The summed E-state index contributed by atoms with van der Waals surface area (Å²) in [7, 11) is 2.20. The number of hydrogen-bond acceptors (Lipinski definition) is 3. The van der Waals surface area contributed by atoms with Crippen molar-refractivity contribution in [2.45, 2.75) is 52.7 Å². The van der Waals surface area contributed by atoms with Crippen LogP contribution in [0, 0.1) is 5.92 Å². The summed E-state index contributed by atoms with van der Waals surface area (Å²) in [4.78, 5) is 9.67. The minimum atomic E-state index is 0. The highest BCUT2D eigenvalue weighted by atomic mass is 127. The quantitative estimate of drug-likeness (QED) is 0.207. The van der Waals surface area contributed by atoms with E-state index in [1.165, 1.54) is 18.4 Å². The Morgan fingerprint density at radius 3 is 2.72 bits per heavy atom. The number of benzene rings is 1. The minimum Gasteiger partial charge on any atom is -0.376 e. The molecule has 1 heterocycles. The summed E-state index contributed by atoms with van der Waals surface area (Å²) in [5.74, 6) is 1.66. The highest BCUT2D eigenvalue weighted by Crippen LogP contribution is 2.17. The van der Waals surface area contributed by atoms with Gasteiger partial charge in [-0.25, -0.2) is 0 Å². The van der Waals surface area contributed by atoms with E-state index >= 15 is 0 Å². The normalized spacial score (nSPS) is 17.1. The molecule has 1 aromatic rings. The smallest absolute Gasteiger partial charge is 0.193 e. The number of guanidine groups is 1. The first kappa shape index (κ1) is 26.2.